The van der Waals surface area contributed by atoms with Crippen molar-refractivity contribution in [1.29, 1.82) is 0 Å². The lowest BCUT2D eigenvalue weighted by Crippen LogP contribution is -2.26. The van der Waals surface area contributed by atoms with Crippen molar-refractivity contribution in [2.75, 3.05) is 19.2 Å². The quantitative estimate of drug-likeness (QED) is 0.637. The monoisotopic (exact) mass is 293 g/mol. The van der Waals surface area contributed by atoms with E-state index >= 15 is 0 Å². The highest BCUT2D eigenvalue weighted by molar-refractivity contribution is 7.94. The summed E-state index contributed by atoms with van der Waals surface area (Å²) in [5, 5.41) is 0. The molecule has 0 aliphatic carbocycles. The molecule has 11 heteroatoms. The summed E-state index contributed by atoms with van der Waals surface area (Å²) in [6, 6.07) is 0. The molecule has 0 saturated heterocycles. The molecule has 0 amide bonds. The van der Waals surface area contributed by atoms with Crippen LogP contribution in [0.15, 0.2) is 0 Å². The second kappa shape index (κ2) is 7.45. The van der Waals surface area contributed by atoms with Crippen molar-refractivity contribution < 1.29 is 31.1 Å². The van der Waals surface area contributed by atoms with E-state index in [9.17, 15) is 17.5 Å². The summed E-state index contributed by atoms with van der Waals surface area (Å²) in [7, 11) is -8.73. The topological polar surface area (TPSA) is 108 Å². The number of hydrogen-bond acceptors (Lipinski definition) is 7. The Morgan fingerprint density at radius 3 is 2.12 bits per heavy atom. The van der Waals surface area contributed by atoms with Gasteiger partial charge in [0, 0.05) is 0 Å². The highest BCUT2D eigenvalue weighted by Crippen LogP contribution is 2.44. The molecular formula is C5H13NO7P2S. The predicted octanol–water partition coefficient (Wildman–Crippen LogP) is 1.27. The average molecular weight is 293 g/mol. The summed E-state index contributed by atoms with van der Waals surface area (Å²) in [5.41, 5.74) is 0. The van der Waals surface area contributed by atoms with Crippen LogP contribution >= 0.6 is 16.4 Å². The van der Waals surface area contributed by atoms with E-state index in [0.29, 0.717) is 0 Å². The number of nitrogens with one attached hydrogen (secondary N) is 1. The molecule has 0 unspecified atom stereocenters. The van der Waals surface area contributed by atoms with Crippen LogP contribution in [0, 0.1) is 0 Å². The van der Waals surface area contributed by atoms with Gasteiger partial charge in [0.05, 0.1) is 13.2 Å². The van der Waals surface area contributed by atoms with E-state index < -0.39 is 32.4 Å². The van der Waals surface area contributed by atoms with Gasteiger partial charge in [-0.05, 0) is 13.8 Å². The Balaban J connectivity index is 4.61. The molecule has 0 bridgehead atoms. The van der Waals surface area contributed by atoms with Crippen molar-refractivity contribution in [2.24, 2.45) is 0 Å². The molecule has 0 radical (unpaired) electrons. The highest BCUT2D eigenvalue weighted by Gasteiger charge is 2.30. The molecule has 0 aromatic carbocycles. The van der Waals surface area contributed by atoms with Gasteiger partial charge in [0.25, 0.3) is 0 Å². The molecule has 0 fully saturated rings. The molecule has 16 heavy (non-hydrogen) atoms. The van der Waals surface area contributed by atoms with Gasteiger partial charge in [0.1, 0.15) is 0 Å². The third-order valence-electron chi connectivity index (χ3n) is 1.11. The van der Waals surface area contributed by atoms with Gasteiger partial charge in [0.15, 0.2) is 5.94 Å². The maximum atomic E-state index is 11.7. The van der Waals surface area contributed by atoms with E-state index in [1.165, 1.54) is 13.8 Å². The normalized spacial score (nSPS) is 13.1. The Morgan fingerprint density at radius 1 is 1.25 bits per heavy atom. The van der Waals surface area contributed by atoms with Crippen molar-refractivity contribution >= 4 is 26.5 Å². The fourth-order valence-electron chi connectivity index (χ4n) is 0.717. The molecule has 0 rings (SSSR count). The van der Waals surface area contributed by atoms with E-state index in [2.05, 4.69) is 4.52 Å². The molecule has 96 valence electrons. The van der Waals surface area contributed by atoms with Crippen molar-refractivity contribution in [3.63, 3.8) is 0 Å². The van der Waals surface area contributed by atoms with E-state index in [1.807, 2.05) is 0 Å². The zero-order valence-corrected chi connectivity index (χ0v) is 11.4. The number of rotatable bonds is 9. The minimum Gasteiger partial charge on any atom is -0.296 e. The van der Waals surface area contributed by atoms with E-state index in [4.69, 9.17) is 9.05 Å². The number of sulfonamides is 1. The van der Waals surface area contributed by atoms with Crippen molar-refractivity contribution in [2.45, 2.75) is 13.8 Å². The smallest absolute Gasteiger partial charge is 0.296 e. The van der Waals surface area contributed by atoms with Crippen LogP contribution in [0.4, 0.5) is 0 Å². The molecule has 0 aromatic rings. The van der Waals surface area contributed by atoms with Crippen LogP contribution in [0.25, 0.3) is 0 Å². The number of hydrogen-bond donors (Lipinski definition) is 1. The minimum absolute atomic E-state index is 0.0143. The van der Waals surface area contributed by atoms with Gasteiger partial charge in [-0.1, -0.05) is 0 Å². The van der Waals surface area contributed by atoms with Crippen LogP contribution < -0.4 is 4.49 Å². The lowest BCUT2D eigenvalue weighted by molar-refractivity contribution is 0.216. The van der Waals surface area contributed by atoms with Crippen molar-refractivity contribution in [3.05, 3.63) is 0 Å². The molecule has 0 aliphatic heterocycles. The first-order chi connectivity index (χ1) is 7.39. The van der Waals surface area contributed by atoms with Gasteiger partial charge in [-0.15, -0.1) is 4.49 Å². The van der Waals surface area contributed by atoms with E-state index in [0.717, 1.165) is 0 Å². The zero-order chi connectivity index (χ0) is 12.7. The fraction of sp³-hybridized carbons (Fsp3) is 1.00. The van der Waals surface area contributed by atoms with Crippen LogP contribution in [0.1, 0.15) is 13.8 Å². The van der Waals surface area contributed by atoms with Gasteiger partial charge in [-0.2, -0.15) is 0 Å². The fourth-order valence-corrected chi connectivity index (χ4v) is 4.19. The summed E-state index contributed by atoms with van der Waals surface area (Å²) < 4.78 is 59.4. The first-order valence-electron chi connectivity index (χ1n) is 4.24. The molecule has 0 saturated carbocycles. The summed E-state index contributed by atoms with van der Waals surface area (Å²) >= 11 is 0. The Hall–Kier alpha value is 0.120. The Kier molecular flexibility index (Phi) is 7.50. The Labute approximate surface area is 95.6 Å². The molecule has 0 atom stereocenters. The molecule has 0 aliphatic rings. The van der Waals surface area contributed by atoms with Crippen LogP contribution in [0.2, 0.25) is 0 Å². The molecule has 0 spiro atoms. The van der Waals surface area contributed by atoms with E-state index in [1.54, 1.807) is 4.49 Å². The third kappa shape index (κ3) is 6.65. The standard InChI is InChI=1S/C5H13NO7P2S/c1-3-12-15(8,13-4-2)6-16(9,10)5-11-14-7/h3-5H2,1-2H3,(H,6,8). The maximum Gasteiger partial charge on any atom is 0.419 e. The van der Waals surface area contributed by atoms with Crippen LogP contribution in [0.3, 0.4) is 0 Å². The predicted molar refractivity (Wildman–Crippen MR) is 56.5 cm³/mol. The van der Waals surface area contributed by atoms with Crippen LogP contribution in [-0.4, -0.2) is 27.6 Å². The first-order valence-corrected chi connectivity index (χ1v) is 8.17. The van der Waals surface area contributed by atoms with Gasteiger partial charge < -0.3 is 0 Å². The van der Waals surface area contributed by atoms with Crippen molar-refractivity contribution in [3.8, 4) is 0 Å². The van der Waals surface area contributed by atoms with Gasteiger partial charge >= 0.3 is 16.4 Å². The lowest BCUT2D eigenvalue weighted by Gasteiger charge is -2.16. The Bertz CT molecular complexity index is 346. The van der Waals surface area contributed by atoms with Gasteiger partial charge in [0.2, 0.25) is 10.0 Å². The van der Waals surface area contributed by atoms with E-state index in [-0.39, 0.29) is 13.2 Å². The molecule has 0 aromatic heterocycles. The summed E-state index contributed by atoms with van der Waals surface area (Å²) in [6.07, 6.45) is 0. The largest absolute Gasteiger partial charge is 0.419 e. The zero-order valence-electron chi connectivity index (χ0n) is 8.78. The molecule has 1 N–H and O–H groups in total. The summed E-state index contributed by atoms with van der Waals surface area (Å²) in [6.45, 7) is 3.10. The van der Waals surface area contributed by atoms with Crippen LogP contribution in [0.5, 0.6) is 0 Å². The minimum atomic E-state index is -4.04. The highest BCUT2D eigenvalue weighted by atomic mass is 32.2. The lowest BCUT2D eigenvalue weighted by atomic mass is 10.9. The SMILES string of the molecule is CCOP(=O)(NS(=O)(=O)COP=O)OCC. The first kappa shape index (κ1) is 16.1. The maximum absolute atomic E-state index is 11.7. The van der Waals surface area contributed by atoms with Gasteiger partial charge in [-0.25, -0.2) is 17.5 Å². The van der Waals surface area contributed by atoms with Crippen molar-refractivity contribution in [1.82, 2.24) is 4.49 Å². The summed E-state index contributed by atoms with van der Waals surface area (Å²) in [5.74, 6) is -0.901. The molecule has 0 heterocycles. The third-order valence-corrected chi connectivity index (χ3v) is 5.15. The van der Waals surface area contributed by atoms with Crippen LogP contribution in [-0.2, 0) is 32.7 Å². The Morgan fingerprint density at radius 2 is 1.75 bits per heavy atom. The van der Waals surface area contributed by atoms with Gasteiger partial charge in [-0.3, -0.25) is 13.6 Å². The molecule has 8 nitrogen and oxygen atoms in total. The second-order valence-corrected chi connectivity index (χ2v) is 6.47. The summed E-state index contributed by atoms with van der Waals surface area (Å²) in [4.78, 5) is 0. The molecular weight excluding hydrogens is 280 g/mol. The second-order valence-electron chi connectivity index (χ2n) is 2.36. The average Bonchev–Trinajstić information content (AvgIpc) is 2.14.